The minimum Gasteiger partial charge on any atom is -0.385 e. The van der Waals surface area contributed by atoms with Gasteiger partial charge in [-0.3, -0.25) is 10.1 Å². The van der Waals surface area contributed by atoms with E-state index in [-0.39, 0.29) is 10.6 Å². The lowest BCUT2D eigenvalue weighted by Crippen LogP contribution is -2.06. The molecule has 20 heavy (non-hydrogen) atoms. The van der Waals surface area contributed by atoms with Gasteiger partial charge in [-0.05, 0) is 24.6 Å². The van der Waals surface area contributed by atoms with Crippen LogP contribution in [0.15, 0.2) is 48.5 Å². The molecule has 2 rings (SSSR count). The van der Waals surface area contributed by atoms with Crippen LogP contribution in [0.3, 0.4) is 0 Å². The summed E-state index contributed by atoms with van der Waals surface area (Å²) in [5, 5.41) is 22.9. The van der Waals surface area contributed by atoms with E-state index in [0.29, 0.717) is 24.1 Å². The predicted octanol–water partition coefficient (Wildman–Crippen LogP) is 3.12. The summed E-state index contributed by atoms with van der Waals surface area (Å²) in [5.74, 6) is 0. The van der Waals surface area contributed by atoms with Crippen LogP contribution in [0, 0.1) is 21.4 Å². The summed E-state index contributed by atoms with van der Waals surface area (Å²) in [7, 11) is 0. The van der Waals surface area contributed by atoms with Crippen molar-refractivity contribution in [2.45, 2.75) is 6.42 Å². The Labute approximate surface area is 116 Å². The Balaban J connectivity index is 2.00. The van der Waals surface area contributed by atoms with Crippen molar-refractivity contribution >= 4 is 11.4 Å². The molecule has 0 saturated heterocycles. The summed E-state index contributed by atoms with van der Waals surface area (Å²) in [4.78, 5) is 10.5. The van der Waals surface area contributed by atoms with Gasteiger partial charge in [0.15, 0.2) is 0 Å². The zero-order valence-electron chi connectivity index (χ0n) is 10.7. The van der Waals surface area contributed by atoms with Gasteiger partial charge >= 0.3 is 0 Å². The van der Waals surface area contributed by atoms with Crippen molar-refractivity contribution in [1.29, 1.82) is 5.26 Å². The number of nitro benzene ring substituents is 1. The molecular formula is C15H13N3O2. The Bertz CT molecular complexity index is 662. The molecule has 0 heterocycles. The highest BCUT2D eigenvalue weighted by Gasteiger charge is 2.11. The number of rotatable bonds is 5. The predicted molar refractivity (Wildman–Crippen MR) is 76.4 cm³/mol. The molecule has 0 saturated carbocycles. The molecule has 5 nitrogen and oxygen atoms in total. The Morgan fingerprint density at radius 3 is 2.75 bits per heavy atom. The van der Waals surface area contributed by atoms with Crippen molar-refractivity contribution in [3.8, 4) is 6.07 Å². The van der Waals surface area contributed by atoms with Gasteiger partial charge in [0.2, 0.25) is 0 Å². The summed E-state index contributed by atoms with van der Waals surface area (Å²) >= 11 is 0. The second kappa shape index (κ2) is 6.34. The quantitative estimate of drug-likeness (QED) is 0.666. The Hall–Kier alpha value is -2.87. The standard InChI is InChI=1S/C15H13N3O2/c16-11-12-4-3-6-14(10-12)17-9-8-13-5-1-2-7-15(13)18(19)20/h1-7,10,17H,8-9H2. The van der Waals surface area contributed by atoms with Crippen LogP contribution >= 0.6 is 0 Å². The third-order valence-corrected chi connectivity index (χ3v) is 2.90. The average molecular weight is 267 g/mol. The normalized spacial score (nSPS) is 9.75. The van der Waals surface area contributed by atoms with Crippen molar-refractivity contribution in [2.24, 2.45) is 0 Å². The maximum atomic E-state index is 10.9. The van der Waals surface area contributed by atoms with E-state index < -0.39 is 0 Å². The van der Waals surface area contributed by atoms with Crippen LogP contribution in [-0.2, 0) is 6.42 Å². The van der Waals surface area contributed by atoms with Crippen LogP contribution < -0.4 is 5.32 Å². The zero-order valence-corrected chi connectivity index (χ0v) is 10.7. The number of hydrogen-bond donors (Lipinski definition) is 1. The number of anilines is 1. The molecule has 0 aliphatic heterocycles. The van der Waals surface area contributed by atoms with Gasteiger partial charge in [-0.2, -0.15) is 5.26 Å². The summed E-state index contributed by atoms with van der Waals surface area (Å²) in [6.45, 7) is 0.569. The lowest BCUT2D eigenvalue weighted by molar-refractivity contribution is -0.385. The van der Waals surface area contributed by atoms with Gasteiger partial charge in [-0.15, -0.1) is 0 Å². The maximum Gasteiger partial charge on any atom is 0.272 e. The largest absolute Gasteiger partial charge is 0.385 e. The molecule has 100 valence electrons. The van der Waals surface area contributed by atoms with Crippen molar-refractivity contribution in [3.05, 3.63) is 69.8 Å². The highest BCUT2D eigenvalue weighted by Crippen LogP contribution is 2.18. The van der Waals surface area contributed by atoms with E-state index in [0.717, 1.165) is 5.69 Å². The number of benzene rings is 2. The molecule has 0 spiro atoms. The molecule has 0 aromatic heterocycles. The van der Waals surface area contributed by atoms with Crippen LogP contribution in [0.2, 0.25) is 0 Å². The molecule has 0 radical (unpaired) electrons. The average Bonchev–Trinajstić information content (AvgIpc) is 2.48. The van der Waals surface area contributed by atoms with Crippen LogP contribution in [-0.4, -0.2) is 11.5 Å². The molecule has 0 atom stereocenters. The van der Waals surface area contributed by atoms with Gasteiger partial charge in [0.1, 0.15) is 0 Å². The van der Waals surface area contributed by atoms with Crippen LogP contribution in [0.5, 0.6) is 0 Å². The van der Waals surface area contributed by atoms with E-state index in [1.807, 2.05) is 6.07 Å². The molecule has 0 fully saturated rings. The lowest BCUT2D eigenvalue weighted by Gasteiger charge is -2.07. The van der Waals surface area contributed by atoms with Crippen molar-refractivity contribution in [1.82, 2.24) is 0 Å². The van der Waals surface area contributed by atoms with E-state index in [4.69, 9.17) is 5.26 Å². The molecule has 0 aliphatic rings. The van der Waals surface area contributed by atoms with Gasteiger partial charge < -0.3 is 5.32 Å². The maximum absolute atomic E-state index is 10.9. The molecule has 2 aromatic rings. The first kappa shape index (κ1) is 13.6. The van der Waals surface area contributed by atoms with Crippen LogP contribution in [0.25, 0.3) is 0 Å². The third-order valence-electron chi connectivity index (χ3n) is 2.90. The Kier molecular flexibility index (Phi) is 4.30. The number of nitrogens with one attached hydrogen (secondary N) is 1. The third kappa shape index (κ3) is 3.33. The first-order valence-corrected chi connectivity index (χ1v) is 6.17. The summed E-state index contributed by atoms with van der Waals surface area (Å²) < 4.78 is 0. The smallest absolute Gasteiger partial charge is 0.272 e. The fourth-order valence-corrected chi connectivity index (χ4v) is 1.94. The molecule has 0 aliphatic carbocycles. The number of hydrogen-bond acceptors (Lipinski definition) is 4. The minimum absolute atomic E-state index is 0.139. The summed E-state index contributed by atoms with van der Waals surface area (Å²) in [5.41, 5.74) is 2.25. The van der Waals surface area contributed by atoms with Crippen molar-refractivity contribution < 1.29 is 4.92 Å². The molecule has 5 heteroatoms. The van der Waals surface area contributed by atoms with Gasteiger partial charge in [0, 0.05) is 23.9 Å². The van der Waals surface area contributed by atoms with Gasteiger partial charge in [0.05, 0.1) is 16.6 Å². The molecule has 2 aromatic carbocycles. The fraction of sp³-hybridized carbons (Fsp3) is 0.133. The molecule has 0 bridgehead atoms. The second-order valence-corrected chi connectivity index (χ2v) is 4.26. The van der Waals surface area contributed by atoms with Crippen molar-refractivity contribution in [2.75, 3.05) is 11.9 Å². The highest BCUT2D eigenvalue weighted by atomic mass is 16.6. The van der Waals surface area contributed by atoms with E-state index in [1.54, 1.807) is 36.4 Å². The van der Waals surface area contributed by atoms with E-state index in [9.17, 15) is 10.1 Å². The van der Waals surface area contributed by atoms with E-state index in [1.165, 1.54) is 6.07 Å². The summed E-state index contributed by atoms with van der Waals surface area (Å²) in [6, 6.07) is 15.9. The number of nitriles is 1. The van der Waals surface area contributed by atoms with Crippen LogP contribution in [0.1, 0.15) is 11.1 Å². The lowest BCUT2D eigenvalue weighted by atomic mass is 10.1. The zero-order chi connectivity index (χ0) is 14.4. The van der Waals surface area contributed by atoms with Gasteiger partial charge in [0.25, 0.3) is 5.69 Å². The van der Waals surface area contributed by atoms with Crippen LogP contribution in [0.4, 0.5) is 11.4 Å². The number of nitrogens with zero attached hydrogens (tertiary/aromatic N) is 2. The summed E-state index contributed by atoms with van der Waals surface area (Å²) in [6.07, 6.45) is 0.550. The Morgan fingerprint density at radius 1 is 1.20 bits per heavy atom. The molecular weight excluding hydrogens is 254 g/mol. The van der Waals surface area contributed by atoms with Gasteiger partial charge in [-0.25, -0.2) is 0 Å². The first-order valence-electron chi connectivity index (χ1n) is 6.17. The van der Waals surface area contributed by atoms with Crippen molar-refractivity contribution in [3.63, 3.8) is 0 Å². The highest BCUT2D eigenvalue weighted by molar-refractivity contribution is 5.49. The number of nitro groups is 1. The minimum atomic E-state index is -0.369. The second-order valence-electron chi connectivity index (χ2n) is 4.26. The molecule has 0 amide bonds. The molecule has 0 unspecified atom stereocenters. The van der Waals surface area contributed by atoms with Gasteiger partial charge in [-0.1, -0.05) is 24.3 Å². The number of para-hydroxylation sites is 1. The molecule has 1 N–H and O–H groups in total. The topological polar surface area (TPSA) is 79.0 Å². The monoisotopic (exact) mass is 267 g/mol. The van der Waals surface area contributed by atoms with E-state index in [2.05, 4.69) is 11.4 Å². The van der Waals surface area contributed by atoms with E-state index >= 15 is 0 Å². The SMILES string of the molecule is N#Cc1cccc(NCCc2ccccc2[N+](=O)[O-])c1. The Morgan fingerprint density at radius 2 is 2.00 bits per heavy atom. The fourth-order valence-electron chi connectivity index (χ4n) is 1.94. The first-order chi connectivity index (χ1) is 9.70.